The lowest BCUT2D eigenvalue weighted by Gasteiger charge is -2.22. The average molecular weight is 809 g/mol. The molecule has 0 heteroatoms. The second-order valence-corrected chi connectivity index (χ2v) is 16.6. The predicted octanol–water partition coefficient (Wildman–Crippen LogP) is 18.9. The van der Waals surface area contributed by atoms with Crippen molar-refractivity contribution >= 4 is 39.6 Å². The summed E-state index contributed by atoms with van der Waals surface area (Å²) in [5.41, 5.74) is 17.0. The maximum atomic E-state index is 4.54. The van der Waals surface area contributed by atoms with Crippen LogP contribution in [0.25, 0.3) is 39.6 Å². The maximum absolute atomic E-state index is 4.54. The van der Waals surface area contributed by atoms with Crippen LogP contribution >= 0.6 is 0 Å². The molecule has 0 saturated heterocycles. The first-order valence-corrected chi connectivity index (χ1v) is 22.7. The van der Waals surface area contributed by atoms with Crippen molar-refractivity contribution in [1.82, 2.24) is 0 Å². The van der Waals surface area contributed by atoms with Crippen LogP contribution in [0.15, 0.2) is 181 Å². The number of allylic oxidation sites excluding steroid dienone is 21. The molecule has 0 spiro atoms. The number of rotatable bonds is 21. The molecule has 0 heterocycles. The Morgan fingerprint density at radius 3 is 1.79 bits per heavy atom. The number of benzene rings is 3. The summed E-state index contributed by atoms with van der Waals surface area (Å²) in [5, 5.41) is 2.39. The van der Waals surface area contributed by atoms with Crippen LogP contribution in [-0.2, 0) is 0 Å². The molecule has 0 radical (unpaired) electrons. The van der Waals surface area contributed by atoms with E-state index in [1.807, 2.05) is 12.2 Å². The minimum Gasteiger partial charge on any atom is -0.0984 e. The highest BCUT2D eigenvalue weighted by molar-refractivity contribution is 6.09. The molecule has 3 aromatic carbocycles. The molecule has 3 aromatic rings. The summed E-state index contributed by atoms with van der Waals surface area (Å²) >= 11 is 0. The van der Waals surface area contributed by atoms with E-state index in [1.165, 1.54) is 66.5 Å². The monoisotopic (exact) mass is 809 g/mol. The van der Waals surface area contributed by atoms with Gasteiger partial charge >= 0.3 is 0 Å². The van der Waals surface area contributed by atoms with Crippen molar-refractivity contribution in [2.24, 2.45) is 17.8 Å². The van der Waals surface area contributed by atoms with Gasteiger partial charge in [0, 0.05) is 0 Å². The standard InChI is InChI=1S/C61H76/c1-16-43(8)41-53(39-36-48(13)47(12)29-28-34-57(46(11)19-4)52-30-24-23-25-31-52)60-55(21-6)56(22-7)61(59-33-27-26-32-58(59)60)54(42-44(9)17-2)40-37-50(15)49(14)35-38-51(20-5)45(10)18-3/h20-42,44-45,49H,6-7,15-19H2,1-5,8-14H3/b34-28-,38-35-,40-37-,43-41-,47-29+,48-36+,51-20+,53-39+,54-42+,57-46-. The molecule has 3 unspecified atom stereocenters. The van der Waals surface area contributed by atoms with E-state index in [0.717, 1.165) is 48.0 Å². The highest BCUT2D eigenvalue weighted by Gasteiger charge is 2.20. The first kappa shape index (κ1) is 49.9. The van der Waals surface area contributed by atoms with Gasteiger partial charge in [-0.05, 0) is 149 Å². The first-order valence-electron chi connectivity index (χ1n) is 22.7. The fraction of sp³-hybridized carbons (Fsp3) is 0.311. The smallest absolute Gasteiger partial charge is 0.00131 e. The summed E-state index contributed by atoms with van der Waals surface area (Å²) in [7, 11) is 0. The third kappa shape index (κ3) is 13.8. The summed E-state index contributed by atoms with van der Waals surface area (Å²) < 4.78 is 0. The van der Waals surface area contributed by atoms with Crippen LogP contribution < -0.4 is 0 Å². The van der Waals surface area contributed by atoms with E-state index in [9.17, 15) is 0 Å². The van der Waals surface area contributed by atoms with Crippen LogP contribution in [0.4, 0.5) is 0 Å². The Kier molecular flexibility index (Phi) is 20.7. The second-order valence-electron chi connectivity index (χ2n) is 16.6. The fourth-order valence-electron chi connectivity index (χ4n) is 7.31. The molecule has 0 fully saturated rings. The highest BCUT2D eigenvalue weighted by Crippen LogP contribution is 2.41. The van der Waals surface area contributed by atoms with E-state index in [4.69, 9.17) is 0 Å². The van der Waals surface area contributed by atoms with Gasteiger partial charge in [0.05, 0.1) is 0 Å². The first-order chi connectivity index (χ1) is 29.3. The van der Waals surface area contributed by atoms with Crippen molar-refractivity contribution < 1.29 is 0 Å². The van der Waals surface area contributed by atoms with E-state index in [2.05, 4.69) is 230 Å². The van der Waals surface area contributed by atoms with Crippen molar-refractivity contribution in [3.05, 3.63) is 209 Å². The minimum atomic E-state index is 0.197. The molecule has 0 aliphatic rings. The molecule has 61 heavy (non-hydrogen) atoms. The Labute approximate surface area is 373 Å². The van der Waals surface area contributed by atoms with Gasteiger partial charge in [-0.2, -0.15) is 0 Å². The van der Waals surface area contributed by atoms with Crippen LogP contribution in [0.1, 0.15) is 137 Å². The SMILES string of the molecule is C=Cc1c(C=C)c(C(/C=C\C(=C)C(C)/C=C\C(=C/C)C(C)CC)=C/C(C)CC)c2ccccc2c1C(/C=C(/C)CC)=C/C=C(C)/C(C)=C/C=C\C(=C(/C)CC)c1ccccc1. The molecular formula is C61H76. The van der Waals surface area contributed by atoms with Crippen molar-refractivity contribution in [3.63, 3.8) is 0 Å². The molecule has 3 atom stereocenters. The average Bonchev–Trinajstić information content (AvgIpc) is 3.29. The number of fused-ring (bicyclic) bond motifs is 1. The molecule has 0 aliphatic heterocycles. The summed E-state index contributed by atoms with van der Waals surface area (Å²) in [4.78, 5) is 0. The van der Waals surface area contributed by atoms with Crippen LogP contribution in [0.3, 0.4) is 0 Å². The van der Waals surface area contributed by atoms with E-state index in [0.29, 0.717) is 11.8 Å². The molecule has 3 rings (SSSR count). The topological polar surface area (TPSA) is 0 Å². The maximum Gasteiger partial charge on any atom is -0.00131 e. The third-order valence-electron chi connectivity index (χ3n) is 12.3. The Hall–Kier alpha value is -5.46. The van der Waals surface area contributed by atoms with E-state index >= 15 is 0 Å². The minimum absolute atomic E-state index is 0.197. The third-order valence-corrected chi connectivity index (χ3v) is 12.3. The van der Waals surface area contributed by atoms with Crippen LogP contribution in [0.2, 0.25) is 0 Å². The van der Waals surface area contributed by atoms with Crippen LogP contribution in [0.5, 0.6) is 0 Å². The lowest BCUT2D eigenvalue weighted by atomic mass is 9.81. The van der Waals surface area contributed by atoms with Gasteiger partial charge in [-0.25, -0.2) is 0 Å². The Morgan fingerprint density at radius 1 is 0.656 bits per heavy atom. The summed E-state index contributed by atoms with van der Waals surface area (Å²) in [6.45, 7) is 40.2. The molecular weight excluding hydrogens is 733 g/mol. The van der Waals surface area contributed by atoms with Gasteiger partial charge in [-0.1, -0.05) is 225 Å². The van der Waals surface area contributed by atoms with Gasteiger partial charge in [0.15, 0.2) is 0 Å². The lowest BCUT2D eigenvalue weighted by Crippen LogP contribution is -2.02. The number of hydrogen-bond acceptors (Lipinski definition) is 0. The Morgan fingerprint density at radius 2 is 1.25 bits per heavy atom. The van der Waals surface area contributed by atoms with E-state index < -0.39 is 0 Å². The predicted molar refractivity (Wildman–Crippen MR) is 279 cm³/mol. The molecule has 0 amide bonds. The number of hydrogen-bond donors (Lipinski definition) is 0. The Bertz CT molecular complexity index is 2310. The van der Waals surface area contributed by atoms with Crippen molar-refractivity contribution in [3.8, 4) is 0 Å². The fourth-order valence-corrected chi connectivity index (χ4v) is 7.31. The Balaban J connectivity index is 2.27. The molecule has 0 N–H and O–H groups in total. The van der Waals surface area contributed by atoms with Gasteiger partial charge in [-0.3, -0.25) is 0 Å². The van der Waals surface area contributed by atoms with Crippen molar-refractivity contribution in [1.29, 1.82) is 0 Å². The molecule has 320 valence electrons. The summed E-state index contributed by atoms with van der Waals surface area (Å²) in [6, 6.07) is 19.5. The largest absolute Gasteiger partial charge is 0.0984 e. The summed E-state index contributed by atoms with van der Waals surface area (Å²) in [6.07, 6.45) is 35.5. The highest BCUT2D eigenvalue weighted by atomic mass is 14.2. The van der Waals surface area contributed by atoms with Crippen molar-refractivity contribution in [2.45, 2.75) is 109 Å². The molecule has 0 saturated carbocycles. The van der Waals surface area contributed by atoms with Gasteiger partial charge in [0.25, 0.3) is 0 Å². The quantitative estimate of drug-likeness (QED) is 0.0941. The molecule has 0 aliphatic carbocycles. The zero-order valence-electron chi connectivity index (χ0n) is 40.0. The van der Waals surface area contributed by atoms with Gasteiger partial charge < -0.3 is 0 Å². The van der Waals surface area contributed by atoms with E-state index in [1.54, 1.807) is 0 Å². The normalized spacial score (nSPS) is 15.8. The van der Waals surface area contributed by atoms with Crippen LogP contribution in [-0.4, -0.2) is 0 Å². The summed E-state index contributed by atoms with van der Waals surface area (Å²) in [5.74, 6) is 1.11. The second kappa shape index (κ2) is 25.3. The van der Waals surface area contributed by atoms with Crippen LogP contribution in [0, 0.1) is 17.8 Å². The van der Waals surface area contributed by atoms with Gasteiger partial charge in [0.1, 0.15) is 0 Å². The zero-order valence-corrected chi connectivity index (χ0v) is 40.0. The lowest BCUT2D eigenvalue weighted by molar-refractivity contribution is 0.668. The zero-order chi connectivity index (χ0) is 45.1. The van der Waals surface area contributed by atoms with E-state index in [-0.39, 0.29) is 5.92 Å². The molecule has 0 nitrogen and oxygen atoms in total. The van der Waals surface area contributed by atoms with Crippen molar-refractivity contribution in [2.75, 3.05) is 0 Å². The molecule has 0 bridgehead atoms. The van der Waals surface area contributed by atoms with Gasteiger partial charge in [-0.15, -0.1) is 0 Å². The molecule has 0 aromatic heterocycles. The van der Waals surface area contributed by atoms with Gasteiger partial charge in [0.2, 0.25) is 0 Å².